The third kappa shape index (κ3) is 5.27. The number of sulfonamides is 1. The highest BCUT2D eigenvalue weighted by Crippen LogP contribution is 2.14. The SMILES string of the molecule is CCN1CCN(c2ccc(CNS(=O)(=O)Cc3ccccc3)cn2)CC1. The maximum atomic E-state index is 12.2. The number of rotatable bonds is 7. The second-order valence-electron chi connectivity index (χ2n) is 6.51. The molecule has 0 atom stereocenters. The van der Waals surface area contributed by atoms with Gasteiger partial charge in [0.05, 0.1) is 5.75 Å². The van der Waals surface area contributed by atoms with Gasteiger partial charge >= 0.3 is 0 Å². The van der Waals surface area contributed by atoms with E-state index in [-0.39, 0.29) is 12.3 Å². The van der Waals surface area contributed by atoms with E-state index >= 15 is 0 Å². The Kier molecular flexibility index (Phi) is 6.24. The van der Waals surface area contributed by atoms with Crippen LogP contribution in [0.4, 0.5) is 5.82 Å². The van der Waals surface area contributed by atoms with Crippen LogP contribution in [-0.2, 0) is 22.3 Å². The summed E-state index contributed by atoms with van der Waals surface area (Å²) in [7, 11) is -3.37. The zero-order valence-electron chi connectivity index (χ0n) is 15.1. The number of likely N-dealkylation sites (N-methyl/N-ethyl adjacent to an activating group) is 1. The minimum Gasteiger partial charge on any atom is -0.354 e. The zero-order chi connectivity index (χ0) is 18.4. The smallest absolute Gasteiger partial charge is 0.216 e. The molecule has 0 spiro atoms. The molecule has 0 unspecified atom stereocenters. The Labute approximate surface area is 155 Å². The minimum absolute atomic E-state index is 0.0128. The van der Waals surface area contributed by atoms with E-state index in [0.717, 1.165) is 49.7 Å². The van der Waals surface area contributed by atoms with Gasteiger partial charge in [-0.15, -0.1) is 0 Å². The number of nitrogens with zero attached hydrogens (tertiary/aromatic N) is 3. The first kappa shape index (κ1) is 18.8. The van der Waals surface area contributed by atoms with Crippen molar-refractivity contribution < 1.29 is 8.42 Å². The van der Waals surface area contributed by atoms with Crippen molar-refractivity contribution in [3.63, 3.8) is 0 Å². The number of anilines is 1. The van der Waals surface area contributed by atoms with Crippen LogP contribution in [0.5, 0.6) is 0 Å². The van der Waals surface area contributed by atoms with Crippen molar-refractivity contribution in [1.82, 2.24) is 14.6 Å². The average Bonchev–Trinajstić information content (AvgIpc) is 2.67. The van der Waals surface area contributed by atoms with Crippen molar-refractivity contribution in [3.8, 4) is 0 Å². The van der Waals surface area contributed by atoms with Gasteiger partial charge in [-0.05, 0) is 23.7 Å². The van der Waals surface area contributed by atoms with Gasteiger partial charge in [0.1, 0.15) is 5.82 Å². The summed E-state index contributed by atoms with van der Waals surface area (Å²) in [6, 6.07) is 13.1. The molecule has 0 bridgehead atoms. The standard InChI is InChI=1S/C19H26N4O2S/c1-2-22-10-12-23(13-11-22)19-9-8-18(14-20-19)15-21-26(24,25)16-17-6-4-3-5-7-17/h3-9,14,21H,2,10-13,15-16H2,1H3. The van der Waals surface area contributed by atoms with Crippen molar-refractivity contribution in [2.75, 3.05) is 37.6 Å². The van der Waals surface area contributed by atoms with Crippen LogP contribution in [-0.4, -0.2) is 51.0 Å². The van der Waals surface area contributed by atoms with Gasteiger partial charge in [0.15, 0.2) is 0 Å². The molecule has 0 amide bonds. The molecule has 0 aliphatic carbocycles. The van der Waals surface area contributed by atoms with Gasteiger partial charge in [0.2, 0.25) is 10.0 Å². The van der Waals surface area contributed by atoms with Crippen LogP contribution in [0.3, 0.4) is 0 Å². The molecule has 1 saturated heterocycles. The van der Waals surface area contributed by atoms with Crippen molar-refractivity contribution in [2.24, 2.45) is 0 Å². The molecule has 1 aromatic carbocycles. The normalized spacial score (nSPS) is 16.0. The van der Waals surface area contributed by atoms with Crippen molar-refractivity contribution in [3.05, 3.63) is 59.8 Å². The highest BCUT2D eigenvalue weighted by Gasteiger charge is 2.17. The molecular formula is C19H26N4O2S. The lowest BCUT2D eigenvalue weighted by molar-refractivity contribution is 0.270. The summed E-state index contributed by atoms with van der Waals surface area (Å²) in [6.45, 7) is 7.59. The van der Waals surface area contributed by atoms with Gasteiger partial charge in [-0.3, -0.25) is 0 Å². The molecule has 140 valence electrons. The molecule has 26 heavy (non-hydrogen) atoms. The molecule has 2 heterocycles. The summed E-state index contributed by atoms with van der Waals surface area (Å²) in [5.41, 5.74) is 1.64. The fourth-order valence-electron chi connectivity index (χ4n) is 3.04. The van der Waals surface area contributed by atoms with Crippen LogP contribution < -0.4 is 9.62 Å². The van der Waals surface area contributed by atoms with Crippen LogP contribution in [0.25, 0.3) is 0 Å². The van der Waals surface area contributed by atoms with E-state index in [4.69, 9.17) is 0 Å². The van der Waals surface area contributed by atoms with Gasteiger partial charge in [0, 0.05) is 38.9 Å². The van der Waals surface area contributed by atoms with E-state index in [9.17, 15) is 8.42 Å². The van der Waals surface area contributed by atoms with Crippen LogP contribution in [0, 0.1) is 0 Å². The maximum Gasteiger partial charge on any atom is 0.216 e. The predicted molar refractivity (Wildman–Crippen MR) is 104 cm³/mol. The molecule has 1 aliphatic rings. The summed E-state index contributed by atoms with van der Waals surface area (Å²) >= 11 is 0. The molecule has 2 aromatic rings. The van der Waals surface area contributed by atoms with Crippen LogP contribution >= 0.6 is 0 Å². The predicted octanol–water partition coefficient (Wildman–Crippen LogP) is 1.84. The third-order valence-corrected chi connectivity index (χ3v) is 5.95. The van der Waals surface area contributed by atoms with E-state index in [1.165, 1.54) is 0 Å². The first-order valence-electron chi connectivity index (χ1n) is 8.99. The highest BCUT2D eigenvalue weighted by molar-refractivity contribution is 7.88. The molecule has 3 rings (SSSR count). The molecule has 0 radical (unpaired) electrons. The Morgan fingerprint density at radius 2 is 1.73 bits per heavy atom. The number of aromatic nitrogens is 1. The molecule has 1 aliphatic heterocycles. The zero-order valence-corrected chi connectivity index (χ0v) is 16.0. The molecule has 6 nitrogen and oxygen atoms in total. The van der Waals surface area contributed by atoms with Gasteiger partial charge in [-0.25, -0.2) is 18.1 Å². The van der Waals surface area contributed by atoms with Crippen LogP contribution in [0.15, 0.2) is 48.7 Å². The topological polar surface area (TPSA) is 65.5 Å². The largest absolute Gasteiger partial charge is 0.354 e. The fraction of sp³-hybridized carbons (Fsp3) is 0.421. The first-order chi connectivity index (χ1) is 12.6. The number of pyridine rings is 1. The number of hydrogen-bond donors (Lipinski definition) is 1. The molecule has 0 saturated carbocycles. The Morgan fingerprint density at radius 1 is 1.00 bits per heavy atom. The summed E-state index contributed by atoms with van der Waals surface area (Å²) in [4.78, 5) is 9.21. The van der Waals surface area contributed by atoms with Crippen LogP contribution in [0.1, 0.15) is 18.1 Å². The number of nitrogens with one attached hydrogen (secondary N) is 1. The van der Waals surface area contributed by atoms with Gasteiger partial charge in [-0.2, -0.15) is 0 Å². The Bertz CT molecular complexity index is 786. The second kappa shape index (κ2) is 8.62. The molecule has 7 heteroatoms. The Morgan fingerprint density at radius 3 is 2.35 bits per heavy atom. The number of hydrogen-bond acceptors (Lipinski definition) is 5. The minimum atomic E-state index is -3.37. The van der Waals surface area contributed by atoms with Gasteiger partial charge in [-0.1, -0.05) is 43.3 Å². The first-order valence-corrected chi connectivity index (χ1v) is 10.6. The van der Waals surface area contributed by atoms with E-state index in [0.29, 0.717) is 0 Å². The number of piperazine rings is 1. The summed E-state index contributed by atoms with van der Waals surface area (Å²) in [6.07, 6.45) is 1.76. The molecular weight excluding hydrogens is 348 g/mol. The lowest BCUT2D eigenvalue weighted by Gasteiger charge is -2.34. The van der Waals surface area contributed by atoms with Crippen LogP contribution in [0.2, 0.25) is 0 Å². The maximum absolute atomic E-state index is 12.2. The summed E-state index contributed by atoms with van der Waals surface area (Å²) < 4.78 is 27.1. The third-order valence-electron chi connectivity index (χ3n) is 4.65. The van der Waals surface area contributed by atoms with Crippen molar-refractivity contribution in [1.29, 1.82) is 0 Å². The average molecular weight is 375 g/mol. The van der Waals surface area contributed by atoms with E-state index in [2.05, 4.69) is 26.4 Å². The van der Waals surface area contributed by atoms with E-state index in [1.807, 2.05) is 42.5 Å². The second-order valence-corrected chi connectivity index (χ2v) is 8.32. The molecule has 1 N–H and O–H groups in total. The van der Waals surface area contributed by atoms with Gasteiger partial charge < -0.3 is 9.80 Å². The summed E-state index contributed by atoms with van der Waals surface area (Å²) in [5, 5.41) is 0. The Hall–Kier alpha value is -1.96. The van der Waals surface area contributed by atoms with E-state index in [1.54, 1.807) is 6.20 Å². The highest BCUT2D eigenvalue weighted by atomic mass is 32.2. The fourth-order valence-corrected chi connectivity index (χ4v) is 4.16. The lowest BCUT2D eigenvalue weighted by atomic mass is 10.2. The van der Waals surface area contributed by atoms with Crippen molar-refractivity contribution in [2.45, 2.75) is 19.2 Å². The number of benzene rings is 1. The Balaban J connectivity index is 1.53. The monoisotopic (exact) mass is 374 g/mol. The molecule has 1 fully saturated rings. The van der Waals surface area contributed by atoms with E-state index < -0.39 is 10.0 Å². The lowest BCUT2D eigenvalue weighted by Crippen LogP contribution is -2.46. The van der Waals surface area contributed by atoms with Crippen molar-refractivity contribution >= 4 is 15.8 Å². The summed E-state index contributed by atoms with van der Waals surface area (Å²) in [5.74, 6) is 0.942. The molecule has 1 aromatic heterocycles. The quantitative estimate of drug-likeness (QED) is 0.801. The van der Waals surface area contributed by atoms with Gasteiger partial charge in [0.25, 0.3) is 0 Å².